The summed E-state index contributed by atoms with van der Waals surface area (Å²) in [6.07, 6.45) is 1.75. The van der Waals surface area contributed by atoms with Crippen molar-refractivity contribution in [1.29, 1.82) is 10.5 Å². The Morgan fingerprint density at radius 2 is 1.97 bits per heavy atom. The van der Waals surface area contributed by atoms with Gasteiger partial charge in [-0.05, 0) is 55.0 Å². The average molecular weight is 469 g/mol. The molecule has 0 saturated heterocycles. The van der Waals surface area contributed by atoms with Gasteiger partial charge in [0.1, 0.15) is 24.3 Å². The van der Waals surface area contributed by atoms with Gasteiger partial charge in [-0.1, -0.05) is 40.2 Å². The first-order chi connectivity index (χ1) is 15.1. The molecule has 150 valence electrons. The molecule has 0 atom stereocenters. The lowest BCUT2D eigenvalue weighted by Gasteiger charge is -2.11. The molecule has 0 saturated carbocycles. The molecule has 4 rings (SSSR count). The molecule has 0 aliphatic rings. The number of hydrogen-bond donors (Lipinski definition) is 1. The summed E-state index contributed by atoms with van der Waals surface area (Å²) in [5.41, 5.74) is 5.32. The normalized spacial score (nSPS) is 11.2. The molecular weight excluding hydrogens is 452 g/mol. The van der Waals surface area contributed by atoms with Gasteiger partial charge in [0.2, 0.25) is 0 Å². The maximum atomic E-state index is 9.79. The highest BCUT2D eigenvalue weighted by Crippen LogP contribution is 2.29. The van der Waals surface area contributed by atoms with E-state index >= 15 is 0 Å². The first-order valence-electron chi connectivity index (χ1n) is 9.56. The van der Waals surface area contributed by atoms with E-state index in [9.17, 15) is 10.5 Å². The van der Waals surface area contributed by atoms with Crippen LogP contribution in [0.5, 0.6) is 5.75 Å². The molecule has 1 heterocycles. The minimum atomic E-state index is 0.248. The summed E-state index contributed by atoms with van der Waals surface area (Å²) >= 11 is 3.49. The second-order valence-electron chi connectivity index (χ2n) is 7.02. The summed E-state index contributed by atoms with van der Waals surface area (Å²) in [6, 6.07) is 23.3. The monoisotopic (exact) mass is 468 g/mol. The minimum absolute atomic E-state index is 0.248. The van der Waals surface area contributed by atoms with Crippen molar-refractivity contribution in [2.45, 2.75) is 13.5 Å². The van der Waals surface area contributed by atoms with Crippen LogP contribution in [0.25, 0.3) is 22.7 Å². The summed E-state index contributed by atoms with van der Waals surface area (Å²) in [5, 5.41) is 19.1. The molecule has 1 aromatic heterocycles. The van der Waals surface area contributed by atoms with Crippen LogP contribution in [0.4, 0.5) is 0 Å². The summed E-state index contributed by atoms with van der Waals surface area (Å²) in [6.45, 7) is 2.26. The van der Waals surface area contributed by atoms with Crippen LogP contribution < -0.4 is 4.74 Å². The predicted molar refractivity (Wildman–Crippen MR) is 124 cm³/mol. The number of ether oxygens (including phenoxy) is 1. The average Bonchev–Trinajstić information content (AvgIpc) is 3.20. The van der Waals surface area contributed by atoms with Gasteiger partial charge in [-0.2, -0.15) is 10.5 Å². The molecular formula is C25H17BrN4O. The van der Waals surface area contributed by atoms with E-state index in [1.807, 2.05) is 61.5 Å². The van der Waals surface area contributed by atoms with Crippen LogP contribution in [0.2, 0.25) is 0 Å². The van der Waals surface area contributed by atoms with Gasteiger partial charge in [-0.15, -0.1) is 0 Å². The number of benzene rings is 3. The van der Waals surface area contributed by atoms with E-state index < -0.39 is 0 Å². The zero-order valence-electron chi connectivity index (χ0n) is 16.7. The Hall–Kier alpha value is -3.87. The largest absolute Gasteiger partial charge is 0.488 e. The van der Waals surface area contributed by atoms with Crippen molar-refractivity contribution in [3.63, 3.8) is 0 Å². The molecule has 0 amide bonds. The standard InChI is InChI=1S/C25H17BrN4O/c1-16-6-8-22-23(10-16)30-25(29-22)20(14-28)11-19-12-21(26)7-9-24(19)31-15-18-5-3-2-4-17(18)13-27/h2-12H,15H2,1H3,(H,29,30)/b20-11-. The molecule has 1 N–H and O–H groups in total. The number of halogens is 1. The lowest BCUT2D eigenvalue weighted by molar-refractivity contribution is 0.305. The quantitative estimate of drug-likeness (QED) is 0.356. The smallest absolute Gasteiger partial charge is 0.149 e. The van der Waals surface area contributed by atoms with E-state index in [1.165, 1.54) is 0 Å². The molecule has 0 spiro atoms. The minimum Gasteiger partial charge on any atom is -0.488 e. The third-order valence-electron chi connectivity index (χ3n) is 4.81. The van der Waals surface area contributed by atoms with Crippen LogP contribution in [0.1, 0.15) is 28.1 Å². The van der Waals surface area contributed by atoms with E-state index in [0.29, 0.717) is 22.7 Å². The first kappa shape index (κ1) is 20.4. The van der Waals surface area contributed by atoms with E-state index in [0.717, 1.165) is 32.2 Å². The highest BCUT2D eigenvalue weighted by molar-refractivity contribution is 9.10. The highest BCUT2D eigenvalue weighted by atomic mass is 79.9. The van der Waals surface area contributed by atoms with Crippen LogP contribution in [0.3, 0.4) is 0 Å². The van der Waals surface area contributed by atoms with Crippen LogP contribution in [-0.2, 0) is 6.61 Å². The lowest BCUT2D eigenvalue weighted by Crippen LogP contribution is -1.99. The Morgan fingerprint density at radius 3 is 2.77 bits per heavy atom. The number of rotatable bonds is 5. The predicted octanol–water partition coefficient (Wildman–Crippen LogP) is 6.15. The molecule has 0 radical (unpaired) electrons. The molecule has 0 unspecified atom stereocenters. The Balaban J connectivity index is 1.69. The van der Waals surface area contributed by atoms with Gasteiger partial charge in [0.05, 0.1) is 28.2 Å². The highest BCUT2D eigenvalue weighted by Gasteiger charge is 2.11. The Kier molecular flexibility index (Phi) is 5.84. The second kappa shape index (κ2) is 8.87. The zero-order valence-corrected chi connectivity index (χ0v) is 18.3. The maximum absolute atomic E-state index is 9.79. The summed E-state index contributed by atoms with van der Waals surface area (Å²) in [5.74, 6) is 1.11. The van der Waals surface area contributed by atoms with Crippen molar-refractivity contribution in [3.8, 4) is 17.9 Å². The first-order valence-corrected chi connectivity index (χ1v) is 10.4. The van der Waals surface area contributed by atoms with Gasteiger partial charge in [0, 0.05) is 15.6 Å². The number of fused-ring (bicyclic) bond motifs is 1. The summed E-state index contributed by atoms with van der Waals surface area (Å²) in [7, 11) is 0. The van der Waals surface area contributed by atoms with Gasteiger partial charge < -0.3 is 9.72 Å². The number of H-pyrrole nitrogens is 1. The molecule has 0 aliphatic carbocycles. The number of nitrogens with one attached hydrogen (secondary N) is 1. The third-order valence-corrected chi connectivity index (χ3v) is 5.30. The fourth-order valence-electron chi connectivity index (χ4n) is 3.23. The molecule has 6 heteroatoms. The van der Waals surface area contributed by atoms with Gasteiger partial charge in [-0.25, -0.2) is 4.98 Å². The summed E-state index contributed by atoms with van der Waals surface area (Å²) < 4.78 is 6.88. The number of aromatic nitrogens is 2. The van der Waals surface area contributed by atoms with Crippen LogP contribution >= 0.6 is 15.9 Å². The fourth-order valence-corrected chi connectivity index (χ4v) is 3.61. The number of imidazole rings is 1. The topological polar surface area (TPSA) is 85.5 Å². The molecule has 0 bridgehead atoms. The Morgan fingerprint density at radius 1 is 1.13 bits per heavy atom. The zero-order chi connectivity index (χ0) is 21.8. The number of hydrogen-bond acceptors (Lipinski definition) is 4. The van der Waals surface area contributed by atoms with E-state index in [-0.39, 0.29) is 6.61 Å². The van der Waals surface area contributed by atoms with E-state index in [2.05, 4.69) is 38.0 Å². The van der Waals surface area contributed by atoms with Crippen molar-refractivity contribution < 1.29 is 4.74 Å². The summed E-state index contributed by atoms with van der Waals surface area (Å²) in [4.78, 5) is 7.78. The molecule has 0 aliphatic heterocycles. The van der Waals surface area contributed by atoms with Crippen molar-refractivity contribution in [2.24, 2.45) is 0 Å². The van der Waals surface area contributed by atoms with Crippen LogP contribution in [0, 0.1) is 29.6 Å². The Bertz CT molecular complexity index is 1390. The van der Waals surface area contributed by atoms with Crippen molar-refractivity contribution >= 4 is 38.6 Å². The molecule has 0 fully saturated rings. The van der Waals surface area contributed by atoms with Gasteiger partial charge in [-0.3, -0.25) is 0 Å². The lowest BCUT2D eigenvalue weighted by atomic mass is 10.1. The Labute approximate surface area is 188 Å². The maximum Gasteiger partial charge on any atom is 0.149 e. The van der Waals surface area contributed by atoms with Crippen molar-refractivity contribution in [3.05, 3.63) is 93.2 Å². The molecule has 4 aromatic rings. The molecule has 5 nitrogen and oxygen atoms in total. The number of nitriles is 2. The third kappa shape index (κ3) is 4.50. The van der Waals surface area contributed by atoms with Crippen molar-refractivity contribution in [2.75, 3.05) is 0 Å². The fraction of sp³-hybridized carbons (Fsp3) is 0.0800. The molecule has 3 aromatic carbocycles. The number of allylic oxidation sites excluding steroid dienone is 1. The second-order valence-corrected chi connectivity index (χ2v) is 7.93. The van der Waals surface area contributed by atoms with Gasteiger partial charge in [0.15, 0.2) is 0 Å². The number of aromatic amines is 1. The van der Waals surface area contributed by atoms with Gasteiger partial charge >= 0.3 is 0 Å². The van der Waals surface area contributed by atoms with Crippen LogP contribution in [-0.4, -0.2) is 9.97 Å². The van der Waals surface area contributed by atoms with Crippen molar-refractivity contribution in [1.82, 2.24) is 9.97 Å². The van der Waals surface area contributed by atoms with E-state index in [1.54, 1.807) is 12.1 Å². The molecule has 31 heavy (non-hydrogen) atoms. The number of aryl methyl sites for hydroxylation is 1. The number of nitrogens with zero attached hydrogens (tertiary/aromatic N) is 3. The van der Waals surface area contributed by atoms with E-state index in [4.69, 9.17) is 4.74 Å². The SMILES string of the molecule is Cc1ccc2nc(/C(C#N)=C\c3cc(Br)ccc3OCc3ccccc3C#N)[nH]c2c1. The van der Waals surface area contributed by atoms with Crippen LogP contribution in [0.15, 0.2) is 65.1 Å². The van der Waals surface area contributed by atoms with Gasteiger partial charge in [0.25, 0.3) is 0 Å².